The number of rotatable bonds is 3. The lowest BCUT2D eigenvalue weighted by atomic mass is 9.57. The van der Waals surface area contributed by atoms with Crippen molar-refractivity contribution in [3.63, 3.8) is 0 Å². The van der Waals surface area contributed by atoms with Crippen LogP contribution in [0.4, 0.5) is 23.4 Å². The average Bonchev–Trinajstić information content (AvgIpc) is 3.45. The standard InChI is InChI=1S/C26H25ClF4N6O/c27-17-1-3-20-15(7-17)10-35(18-5-6-38-12-18)11-22-33-34-24(37(20)22)16-8-25(9-16)13-36(14-25)21-4-2-19(28)23(32-21)26(29,30)31/h1-4,7,16,18H,5-6,8-14H2/t18-/m0/s1. The molecule has 2 saturated heterocycles. The summed E-state index contributed by atoms with van der Waals surface area (Å²) in [6.07, 6.45) is -2.13. The smallest absolute Gasteiger partial charge is 0.380 e. The van der Waals surface area contributed by atoms with E-state index in [2.05, 4.69) is 24.6 Å². The van der Waals surface area contributed by atoms with Gasteiger partial charge in [-0.15, -0.1) is 10.2 Å². The van der Waals surface area contributed by atoms with Crippen LogP contribution in [0, 0.1) is 11.2 Å². The zero-order valence-electron chi connectivity index (χ0n) is 20.4. The lowest BCUT2D eigenvalue weighted by Gasteiger charge is -2.59. The molecule has 3 aromatic rings. The van der Waals surface area contributed by atoms with Crippen molar-refractivity contribution in [3.05, 3.63) is 64.1 Å². The van der Waals surface area contributed by atoms with Crippen LogP contribution >= 0.6 is 11.6 Å². The van der Waals surface area contributed by atoms with Crippen LogP contribution in [-0.4, -0.2) is 57.0 Å². The molecule has 38 heavy (non-hydrogen) atoms. The number of alkyl halides is 3. The van der Waals surface area contributed by atoms with Crippen molar-refractivity contribution in [2.75, 3.05) is 31.2 Å². The van der Waals surface area contributed by atoms with Crippen LogP contribution in [0.15, 0.2) is 30.3 Å². The maximum Gasteiger partial charge on any atom is 0.436 e. The quantitative estimate of drug-likeness (QED) is 0.431. The van der Waals surface area contributed by atoms with E-state index in [4.69, 9.17) is 16.3 Å². The maximum atomic E-state index is 13.7. The summed E-state index contributed by atoms with van der Waals surface area (Å²) in [4.78, 5) is 7.74. The fourth-order valence-electron chi connectivity index (χ4n) is 6.54. The Balaban J connectivity index is 1.11. The highest BCUT2D eigenvalue weighted by Gasteiger charge is 2.54. The molecular weight excluding hydrogens is 524 g/mol. The Morgan fingerprint density at radius 3 is 2.61 bits per heavy atom. The summed E-state index contributed by atoms with van der Waals surface area (Å²) < 4.78 is 60.8. The molecule has 12 heteroatoms. The number of nitrogens with zero attached hydrogens (tertiary/aromatic N) is 6. The molecule has 1 spiro atoms. The summed E-state index contributed by atoms with van der Waals surface area (Å²) >= 11 is 6.37. The van der Waals surface area contributed by atoms with Crippen LogP contribution in [-0.2, 0) is 24.0 Å². The molecule has 1 aromatic carbocycles. The first-order valence-corrected chi connectivity index (χ1v) is 13.1. The van der Waals surface area contributed by atoms with Gasteiger partial charge in [0, 0.05) is 48.6 Å². The molecule has 0 radical (unpaired) electrons. The topological polar surface area (TPSA) is 59.3 Å². The number of anilines is 1. The molecule has 4 aliphatic rings. The Bertz CT molecular complexity index is 1390. The van der Waals surface area contributed by atoms with E-state index in [-0.39, 0.29) is 17.2 Å². The van der Waals surface area contributed by atoms with Gasteiger partial charge in [-0.3, -0.25) is 9.47 Å². The van der Waals surface area contributed by atoms with Crippen molar-refractivity contribution >= 4 is 17.4 Å². The van der Waals surface area contributed by atoms with Crippen LogP contribution in [0.25, 0.3) is 5.69 Å². The highest BCUT2D eigenvalue weighted by atomic mass is 35.5. The van der Waals surface area contributed by atoms with Crippen LogP contribution in [0.3, 0.4) is 0 Å². The summed E-state index contributed by atoms with van der Waals surface area (Å²) in [6, 6.07) is 8.40. The Morgan fingerprint density at radius 2 is 1.87 bits per heavy atom. The monoisotopic (exact) mass is 548 g/mol. The molecule has 5 heterocycles. The van der Waals surface area contributed by atoms with Crippen molar-refractivity contribution in [1.82, 2.24) is 24.6 Å². The lowest BCUT2D eigenvalue weighted by Crippen LogP contribution is -2.62. The molecule has 0 N–H and O–H groups in total. The number of aromatic nitrogens is 4. The van der Waals surface area contributed by atoms with E-state index in [0.29, 0.717) is 37.3 Å². The zero-order chi connectivity index (χ0) is 26.2. The fourth-order valence-corrected chi connectivity index (χ4v) is 6.74. The molecule has 3 aliphatic heterocycles. The second-order valence-electron chi connectivity index (χ2n) is 11.0. The summed E-state index contributed by atoms with van der Waals surface area (Å²) in [5.74, 6) is 0.796. The fraction of sp³-hybridized carbons (Fsp3) is 0.500. The number of pyridine rings is 1. The number of benzene rings is 1. The highest BCUT2D eigenvalue weighted by molar-refractivity contribution is 6.30. The van der Waals surface area contributed by atoms with Gasteiger partial charge < -0.3 is 9.64 Å². The van der Waals surface area contributed by atoms with Gasteiger partial charge in [-0.2, -0.15) is 13.2 Å². The maximum absolute atomic E-state index is 13.7. The highest BCUT2D eigenvalue weighted by Crippen LogP contribution is 2.56. The third-order valence-corrected chi connectivity index (χ3v) is 8.61. The first-order chi connectivity index (χ1) is 18.2. The molecular formula is C26H25ClF4N6O. The first-order valence-electron chi connectivity index (χ1n) is 12.7. The average molecular weight is 549 g/mol. The van der Waals surface area contributed by atoms with E-state index < -0.39 is 17.7 Å². The Kier molecular flexibility index (Phi) is 5.51. The van der Waals surface area contributed by atoms with E-state index >= 15 is 0 Å². The molecule has 2 aromatic heterocycles. The number of halogens is 5. The Labute approximate surface area is 221 Å². The SMILES string of the molecule is Fc1ccc(N2CC3(CC(c4nnc5n4-c4ccc(Cl)cc4CN([C@H]4CCOC4)C5)C3)C2)nc1C(F)(F)F. The summed E-state index contributed by atoms with van der Waals surface area (Å²) in [5.41, 5.74) is 0.686. The van der Waals surface area contributed by atoms with Gasteiger partial charge in [0.15, 0.2) is 17.3 Å². The number of fused-ring (bicyclic) bond motifs is 3. The minimum Gasteiger partial charge on any atom is -0.380 e. The number of ether oxygens (including phenoxy) is 1. The van der Waals surface area contributed by atoms with Gasteiger partial charge in [0.2, 0.25) is 0 Å². The molecule has 7 rings (SSSR count). The van der Waals surface area contributed by atoms with Crippen LogP contribution in [0.1, 0.15) is 48.1 Å². The largest absolute Gasteiger partial charge is 0.436 e. The Hall–Kier alpha value is -2.76. The molecule has 0 amide bonds. The molecule has 0 unspecified atom stereocenters. The van der Waals surface area contributed by atoms with Gasteiger partial charge in [-0.1, -0.05) is 11.6 Å². The van der Waals surface area contributed by atoms with E-state index in [1.54, 1.807) is 4.90 Å². The van der Waals surface area contributed by atoms with E-state index in [9.17, 15) is 17.6 Å². The van der Waals surface area contributed by atoms with Crippen LogP contribution < -0.4 is 4.90 Å². The van der Waals surface area contributed by atoms with Gasteiger partial charge in [-0.25, -0.2) is 9.37 Å². The molecule has 0 bridgehead atoms. The van der Waals surface area contributed by atoms with Crippen LogP contribution in [0.5, 0.6) is 0 Å². The van der Waals surface area contributed by atoms with Crippen molar-refractivity contribution < 1.29 is 22.3 Å². The lowest BCUT2D eigenvalue weighted by molar-refractivity contribution is -0.143. The van der Waals surface area contributed by atoms with E-state index in [1.807, 2.05) is 18.2 Å². The van der Waals surface area contributed by atoms with Gasteiger partial charge in [0.25, 0.3) is 0 Å². The van der Waals surface area contributed by atoms with Crippen molar-refractivity contribution in [3.8, 4) is 5.69 Å². The second-order valence-corrected chi connectivity index (χ2v) is 11.4. The van der Waals surface area contributed by atoms with Gasteiger partial charge in [-0.05, 0) is 55.2 Å². The molecule has 1 aliphatic carbocycles. The normalized spacial score (nSPS) is 23.1. The molecule has 1 atom stereocenters. The summed E-state index contributed by atoms with van der Waals surface area (Å²) in [7, 11) is 0. The number of hydrogen-bond donors (Lipinski definition) is 0. The van der Waals surface area contributed by atoms with Gasteiger partial charge >= 0.3 is 6.18 Å². The summed E-state index contributed by atoms with van der Waals surface area (Å²) in [5, 5.41) is 9.90. The number of hydrogen-bond acceptors (Lipinski definition) is 6. The molecule has 3 fully saturated rings. The molecule has 7 nitrogen and oxygen atoms in total. The minimum atomic E-state index is -4.82. The van der Waals surface area contributed by atoms with Gasteiger partial charge in [0.05, 0.1) is 18.8 Å². The predicted octanol–water partition coefficient (Wildman–Crippen LogP) is 4.96. The van der Waals surface area contributed by atoms with Gasteiger partial charge in [0.1, 0.15) is 11.6 Å². The summed E-state index contributed by atoms with van der Waals surface area (Å²) in [6.45, 7) is 4.04. The van der Waals surface area contributed by atoms with E-state index in [0.717, 1.165) is 61.4 Å². The third kappa shape index (κ3) is 3.97. The van der Waals surface area contributed by atoms with Crippen molar-refractivity contribution in [1.29, 1.82) is 0 Å². The first kappa shape index (κ1) is 24.3. The van der Waals surface area contributed by atoms with Crippen LogP contribution in [0.2, 0.25) is 5.02 Å². The van der Waals surface area contributed by atoms with Crippen molar-refractivity contribution in [2.24, 2.45) is 5.41 Å². The van der Waals surface area contributed by atoms with Crippen molar-refractivity contribution in [2.45, 2.75) is 50.5 Å². The second kappa shape index (κ2) is 8.62. The van der Waals surface area contributed by atoms with E-state index in [1.165, 1.54) is 6.07 Å². The predicted molar refractivity (Wildman–Crippen MR) is 131 cm³/mol. The molecule has 200 valence electrons. The molecule has 1 saturated carbocycles. The minimum absolute atomic E-state index is 0.00764. The Morgan fingerprint density at radius 1 is 1.05 bits per heavy atom. The zero-order valence-corrected chi connectivity index (χ0v) is 21.1. The third-order valence-electron chi connectivity index (χ3n) is 8.38.